The Bertz CT molecular complexity index is 676. The van der Waals surface area contributed by atoms with E-state index < -0.39 is 0 Å². The van der Waals surface area contributed by atoms with Gasteiger partial charge in [0.1, 0.15) is 11.5 Å². The largest absolute Gasteiger partial charge is 0.378 e. The fraction of sp³-hybridized carbons (Fsp3) is 0.667. The zero-order valence-corrected chi connectivity index (χ0v) is 15.6. The lowest BCUT2D eigenvalue weighted by Gasteiger charge is -2.27. The Hall–Kier alpha value is -1.86. The Balaban J connectivity index is 1.73. The minimum atomic E-state index is 0.734. The number of nitrogens with one attached hydrogen (secondary N) is 2. The summed E-state index contributed by atoms with van der Waals surface area (Å²) in [5, 5.41) is 4.60. The highest BCUT2D eigenvalue weighted by Gasteiger charge is 2.17. The van der Waals surface area contributed by atoms with Crippen molar-refractivity contribution in [1.29, 1.82) is 0 Å². The number of nitrogens with zero attached hydrogens (tertiary/aromatic N) is 4. The van der Waals surface area contributed by atoms with Gasteiger partial charge in [-0.15, -0.1) is 0 Å². The van der Waals surface area contributed by atoms with Crippen molar-refractivity contribution >= 4 is 22.8 Å². The second-order valence-electron chi connectivity index (χ2n) is 6.49. The first-order chi connectivity index (χ1) is 12.2. The zero-order valence-electron chi connectivity index (χ0n) is 15.6. The Labute approximate surface area is 149 Å². The average molecular weight is 346 g/mol. The van der Waals surface area contributed by atoms with E-state index in [0.29, 0.717) is 0 Å². The van der Waals surface area contributed by atoms with Crippen molar-refractivity contribution in [2.45, 2.75) is 27.2 Å². The standard InChI is InChI=1S/C18H30N6O/c1-4-23(5-2)8-6-7-19-16-15-13-14(3)20-17(15)22-18(21-16)24-9-11-25-12-10-24/h13H,4-12H2,1-3H3,(H2,19,20,21,22). The van der Waals surface area contributed by atoms with Crippen molar-refractivity contribution in [1.82, 2.24) is 19.9 Å². The summed E-state index contributed by atoms with van der Waals surface area (Å²) in [7, 11) is 0. The van der Waals surface area contributed by atoms with E-state index in [0.717, 1.165) is 87.4 Å². The van der Waals surface area contributed by atoms with Crippen LogP contribution in [-0.4, -0.2) is 72.3 Å². The third-order valence-electron chi connectivity index (χ3n) is 4.74. The Morgan fingerprint density at radius 2 is 2.00 bits per heavy atom. The summed E-state index contributed by atoms with van der Waals surface area (Å²) in [4.78, 5) is 17.5. The number of anilines is 2. The van der Waals surface area contributed by atoms with Crippen LogP contribution in [-0.2, 0) is 4.74 Å². The number of hydrogen-bond donors (Lipinski definition) is 2. The average Bonchev–Trinajstić information content (AvgIpc) is 3.02. The fourth-order valence-corrected chi connectivity index (χ4v) is 3.22. The molecule has 25 heavy (non-hydrogen) atoms. The van der Waals surface area contributed by atoms with Crippen molar-refractivity contribution in [3.8, 4) is 0 Å². The maximum Gasteiger partial charge on any atom is 0.229 e. The highest BCUT2D eigenvalue weighted by molar-refractivity contribution is 5.89. The highest BCUT2D eigenvalue weighted by atomic mass is 16.5. The van der Waals surface area contributed by atoms with Gasteiger partial charge in [-0.05, 0) is 39.0 Å². The van der Waals surface area contributed by atoms with Crippen molar-refractivity contribution in [2.75, 3.05) is 62.7 Å². The normalized spacial score (nSPS) is 15.3. The molecule has 2 aromatic rings. The van der Waals surface area contributed by atoms with Gasteiger partial charge in [0.25, 0.3) is 0 Å². The molecule has 1 aliphatic heterocycles. The molecule has 0 aliphatic carbocycles. The van der Waals surface area contributed by atoms with Gasteiger partial charge in [-0.25, -0.2) is 0 Å². The summed E-state index contributed by atoms with van der Waals surface area (Å²) in [5.74, 6) is 1.71. The van der Waals surface area contributed by atoms with Gasteiger partial charge >= 0.3 is 0 Å². The smallest absolute Gasteiger partial charge is 0.229 e. The number of aryl methyl sites for hydroxylation is 1. The number of morpholine rings is 1. The molecule has 3 heterocycles. The molecule has 0 radical (unpaired) electrons. The third-order valence-corrected chi connectivity index (χ3v) is 4.74. The molecule has 1 saturated heterocycles. The monoisotopic (exact) mass is 346 g/mol. The molecule has 0 aromatic carbocycles. The second-order valence-corrected chi connectivity index (χ2v) is 6.49. The Morgan fingerprint density at radius 1 is 1.24 bits per heavy atom. The van der Waals surface area contributed by atoms with Gasteiger partial charge in [-0.1, -0.05) is 13.8 Å². The van der Waals surface area contributed by atoms with Crippen molar-refractivity contribution < 1.29 is 4.74 Å². The maximum atomic E-state index is 5.44. The SMILES string of the molecule is CCN(CC)CCCNc1nc(N2CCOCC2)nc2[nH]c(C)cc12. The second kappa shape index (κ2) is 8.49. The van der Waals surface area contributed by atoms with Gasteiger partial charge in [-0.2, -0.15) is 9.97 Å². The Morgan fingerprint density at radius 3 is 2.72 bits per heavy atom. The molecular weight excluding hydrogens is 316 g/mol. The molecular formula is C18H30N6O. The van der Waals surface area contributed by atoms with E-state index in [2.05, 4.69) is 46.9 Å². The predicted molar refractivity (Wildman–Crippen MR) is 103 cm³/mol. The van der Waals surface area contributed by atoms with E-state index >= 15 is 0 Å². The molecule has 0 amide bonds. The number of fused-ring (bicyclic) bond motifs is 1. The number of aromatic amines is 1. The summed E-state index contributed by atoms with van der Waals surface area (Å²) >= 11 is 0. The van der Waals surface area contributed by atoms with Crippen molar-refractivity contribution in [3.63, 3.8) is 0 Å². The van der Waals surface area contributed by atoms with E-state index in [-0.39, 0.29) is 0 Å². The Kier molecular flexibility index (Phi) is 6.09. The van der Waals surface area contributed by atoms with E-state index in [1.54, 1.807) is 0 Å². The van der Waals surface area contributed by atoms with Crippen LogP contribution < -0.4 is 10.2 Å². The molecule has 0 saturated carbocycles. The van der Waals surface area contributed by atoms with Gasteiger partial charge in [0.05, 0.1) is 18.6 Å². The lowest BCUT2D eigenvalue weighted by molar-refractivity contribution is 0.122. The molecule has 3 rings (SSSR count). The number of aromatic nitrogens is 3. The van der Waals surface area contributed by atoms with Gasteiger partial charge in [-0.3, -0.25) is 0 Å². The van der Waals surface area contributed by atoms with E-state index in [1.807, 2.05) is 0 Å². The lowest BCUT2D eigenvalue weighted by Crippen LogP contribution is -2.37. The molecule has 2 N–H and O–H groups in total. The van der Waals surface area contributed by atoms with Crippen LogP contribution in [0.4, 0.5) is 11.8 Å². The van der Waals surface area contributed by atoms with Crippen LogP contribution in [0.3, 0.4) is 0 Å². The van der Waals surface area contributed by atoms with Gasteiger partial charge in [0.2, 0.25) is 5.95 Å². The number of H-pyrrole nitrogens is 1. The van der Waals surface area contributed by atoms with Gasteiger partial charge in [0.15, 0.2) is 0 Å². The molecule has 0 atom stereocenters. The molecule has 0 unspecified atom stereocenters. The molecule has 0 spiro atoms. The topological polar surface area (TPSA) is 69.3 Å². The van der Waals surface area contributed by atoms with Crippen LogP contribution in [0.1, 0.15) is 26.0 Å². The van der Waals surface area contributed by atoms with E-state index in [4.69, 9.17) is 14.7 Å². The molecule has 7 nitrogen and oxygen atoms in total. The van der Waals surface area contributed by atoms with Crippen LogP contribution in [0.25, 0.3) is 11.0 Å². The van der Waals surface area contributed by atoms with E-state index in [1.165, 1.54) is 0 Å². The van der Waals surface area contributed by atoms with Crippen molar-refractivity contribution in [2.24, 2.45) is 0 Å². The molecule has 2 aromatic heterocycles. The van der Waals surface area contributed by atoms with Crippen LogP contribution in [0.15, 0.2) is 6.07 Å². The first kappa shape index (κ1) is 17.9. The van der Waals surface area contributed by atoms with Gasteiger partial charge in [0, 0.05) is 25.3 Å². The minimum absolute atomic E-state index is 0.734. The molecule has 0 bridgehead atoms. The van der Waals surface area contributed by atoms with Crippen LogP contribution in [0, 0.1) is 6.92 Å². The quantitative estimate of drug-likeness (QED) is 0.715. The molecule has 1 aliphatic rings. The summed E-state index contributed by atoms with van der Waals surface area (Å²) in [6.07, 6.45) is 1.10. The van der Waals surface area contributed by atoms with Crippen molar-refractivity contribution in [3.05, 3.63) is 11.8 Å². The van der Waals surface area contributed by atoms with Crippen LogP contribution in [0.2, 0.25) is 0 Å². The number of hydrogen-bond acceptors (Lipinski definition) is 6. The van der Waals surface area contributed by atoms with Crippen LogP contribution >= 0.6 is 0 Å². The number of ether oxygens (including phenoxy) is 1. The maximum absolute atomic E-state index is 5.44. The summed E-state index contributed by atoms with van der Waals surface area (Å²) < 4.78 is 5.44. The summed E-state index contributed by atoms with van der Waals surface area (Å²) in [5.41, 5.74) is 2.01. The molecule has 7 heteroatoms. The zero-order chi connectivity index (χ0) is 17.6. The summed E-state index contributed by atoms with van der Waals surface area (Å²) in [6.45, 7) is 13.9. The first-order valence-electron chi connectivity index (χ1n) is 9.37. The summed E-state index contributed by atoms with van der Waals surface area (Å²) in [6, 6.07) is 2.12. The first-order valence-corrected chi connectivity index (χ1v) is 9.37. The molecule has 138 valence electrons. The third kappa shape index (κ3) is 4.41. The minimum Gasteiger partial charge on any atom is -0.378 e. The fourth-order valence-electron chi connectivity index (χ4n) is 3.22. The predicted octanol–water partition coefficient (Wildman–Crippen LogP) is 2.25. The molecule has 1 fully saturated rings. The van der Waals surface area contributed by atoms with Crippen LogP contribution in [0.5, 0.6) is 0 Å². The van der Waals surface area contributed by atoms with E-state index in [9.17, 15) is 0 Å². The van der Waals surface area contributed by atoms with Gasteiger partial charge < -0.3 is 24.8 Å². The number of rotatable bonds is 8. The highest BCUT2D eigenvalue weighted by Crippen LogP contribution is 2.24. The lowest BCUT2D eigenvalue weighted by atomic mass is 10.3.